The number of nitrogens with zero attached hydrogens (tertiary/aromatic N) is 2. The van der Waals surface area contributed by atoms with Gasteiger partial charge in [-0.05, 0) is 38.1 Å². The molecule has 0 aliphatic heterocycles. The summed E-state index contributed by atoms with van der Waals surface area (Å²) in [7, 11) is -8.36. The van der Waals surface area contributed by atoms with Crippen LogP contribution in [0.1, 0.15) is 11.1 Å². The van der Waals surface area contributed by atoms with E-state index in [-0.39, 0.29) is 31.3 Å². The Labute approximate surface area is 206 Å². The predicted molar refractivity (Wildman–Crippen MR) is 130 cm³/mol. The van der Waals surface area contributed by atoms with Crippen LogP contribution in [0.15, 0.2) is 77.2 Å². The normalized spacial score (nSPS) is 22.6. The van der Waals surface area contributed by atoms with E-state index < -0.39 is 30.8 Å². The van der Waals surface area contributed by atoms with Gasteiger partial charge in [0.1, 0.15) is 10.8 Å². The van der Waals surface area contributed by atoms with Gasteiger partial charge < -0.3 is 0 Å². The molecule has 2 aromatic carbocycles. The van der Waals surface area contributed by atoms with Gasteiger partial charge in [-0.15, -0.1) is 23.2 Å². The molecule has 0 aromatic heterocycles. The fraction of sp³-hybridized carbons (Fsp3) is 0.200. The molecule has 2 aromatic rings. The first-order valence-corrected chi connectivity index (χ1v) is 13.5. The molecule has 1 aliphatic carbocycles. The van der Waals surface area contributed by atoms with Crippen LogP contribution in [0, 0.1) is 13.8 Å². The summed E-state index contributed by atoms with van der Waals surface area (Å²) in [5, 5.41) is -3.31. The Hall–Kier alpha value is -1.42. The zero-order chi connectivity index (χ0) is 23.8. The minimum Gasteiger partial charge on any atom is -0.199 e. The highest BCUT2D eigenvalue weighted by atomic mass is 35.5. The average Bonchev–Trinajstić information content (AvgIpc) is 2.73. The van der Waals surface area contributed by atoms with Crippen LogP contribution >= 0.6 is 46.4 Å². The van der Waals surface area contributed by atoms with Gasteiger partial charge in [0, 0.05) is 0 Å². The van der Waals surface area contributed by atoms with Crippen molar-refractivity contribution in [2.45, 2.75) is 34.4 Å². The zero-order valence-corrected chi connectivity index (χ0v) is 21.3. The fourth-order valence-electron chi connectivity index (χ4n) is 2.71. The van der Waals surface area contributed by atoms with E-state index in [2.05, 4.69) is 8.80 Å². The van der Waals surface area contributed by atoms with Crippen molar-refractivity contribution in [3.8, 4) is 0 Å². The number of rotatable bonds is 4. The minimum atomic E-state index is -4.18. The lowest BCUT2D eigenvalue weighted by Crippen LogP contribution is -2.38. The Morgan fingerprint density at radius 1 is 0.625 bits per heavy atom. The summed E-state index contributed by atoms with van der Waals surface area (Å²) in [6.45, 7) is 3.61. The molecule has 0 bridgehead atoms. The number of sulfonamides is 2. The summed E-state index contributed by atoms with van der Waals surface area (Å²) in [5.41, 5.74) is 1.13. The van der Waals surface area contributed by atoms with Gasteiger partial charge >= 0.3 is 0 Å². The first kappa shape index (κ1) is 25.2. The number of hydrogen-bond donors (Lipinski definition) is 0. The Bertz CT molecular complexity index is 1240. The molecule has 3 rings (SSSR count). The number of allylic oxidation sites excluding steroid dienone is 2. The molecule has 2 unspecified atom stereocenters. The van der Waals surface area contributed by atoms with Crippen molar-refractivity contribution in [2.24, 2.45) is 8.80 Å². The molecule has 0 heterocycles. The van der Waals surface area contributed by atoms with Crippen molar-refractivity contribution in [1.29, 1.82) is 0 Å². The van der Waals surface area contributed by atoms with Crippen LogP contribution in [-0.2, 0) is 20.0 Å². The van der Waals surface area contributed by atoms with Crippen LogP contribution < -0.4 is 0 Å². The number of alkyl halides is 2. The Kier molecular flexibility index (Phi) is 7.44. The van der Waals surface area contributed by atoms with Crippen LogP contribution in [0.4, 0.5) is 0 Å². The third kappa shape index (κ3) is 5.21. The summed E-state index contributed by atoms with van der Waals surface area (Å²) in [5.74, 6) is 0. The summed E-state index contributed by atoms with van der Waals surface area (Å²) in [6.07, 6.45) is 0. The van der Waals surface area contributed by atoms with Crippen LogP contribution in [0.3, 0.4) is 0 Å². The predicted octanol–water partition coefficient (Wildman–Crippen LogP) is 5.18. The maximum absolute atomic E-state index is 12.7. The van der Waals surface area contributed by atoms with Gasteiger partial charge in [-0.2, -0.15) is 25.6 Å². The maximum atomic E-state index is 12.7. The largest absolute Gasteiger partial charge is 0.282 e. The molecular weight excluding hydrogens is 538 g/mol. The Balaban J connectivity index is 2.09. The first-order chi connectivity index (χ1) is 14.8. The highest BCUT2D eigenvalue weighted by Crippen LogP contribution is 2.35. The molecule has 12 heteroatoms. The number of hydrogen-bond acceptors (Lipinski definition) is 4. The molecule has 0 N–H and O–H groups in total. The van der Waals surface area contributed by atoms with Gasteiger partial charge in [0.2, 0.25) is 0 Å². The molecule has 0 spiro atoms. The van der Waals surface area contributed by atoms with Crippen molar-refractivity contribution in [3.63, 3.8) is 0 Å². The van der Waals surface area contributed by atoms with Crippen molar-refractivity contribution in [1.82, 2.24) is 0 Å². The molecule has 0 radical (unpaired) electrons. The molecule has 0 saturated carbocycles. The standard InChI is InChI=1S/C20H16Cl4N2O4S2/c1-11-3-7-13(8-4-11)31(27,28)25-19-15(21)17(23)20(18(24)16(19)22)26-32(29,30)14-9-5-12(2)6-10-14/h3-10,15,17H,1-2H3. The average molecular weight is 554 g/mol. The Morgan fingerprint density at radius 2 is 0.906 bits per heavy atom. The number of halogens is 4. The van der Waals surface area contributed by atoms with Crippen LogP contribution in [-0.4, -0.2) is 39.0 Å². The topological polar surface area (TPSA) is 93.0 Å². The molecule has 2 atom stereocenters. The van der Waals surface area contributed by atoms with E-state index in [1.807, 2.05) is 0 Å². The molecule has 0 amide bonds. The zero-order valence-electron chi connectivity index (χ0n) is 16.6. The van der Waals surface area contributed by atoms with Gasteiger partial charge in [0.05, 0.1) is 31.3 Å². The molecule has 32 heavy (non-hydrogen) atoms. The van der Waals surface area contributed by atoms with E-state index in [9.17, 15) is 16.8 Å². The van der Waals surface area contributed by atoms with Crippen molar-refractivity contribution < 1.29 is 16.8 Å². The summed E-state index contributed by atoms with van der Waals surface area (Å²) in [4.78, 5) is -0.153. The van der Waals surface area contributed by atoms with Gasteiger partial charge in [-0.3, -0.25) is 0 Å². The van der Waals surface area contributed by atoms with Gasteiger partial charge in [-0.1, -0.05) is 58.6 Å². The van der Waals surface area contributed by atoms with Crippen LogP contribution in [0.25, 0.3) is 0 Å². The lowest BCUT2D eigenvalue weighted by atomic mass is 10.0. The Morgan fingerprint density at radius 3 is 1.19 bits per heavy atom. The second-order valence-electron chi connectivity index (χ2n) is 6.96. The molecule has 0 saturated heterocycles. The SMILES string of the molecule is Cc1ccc(S(=O)(=O)N=C2C(Cl)=C(Cl)C(=NS(=O)(=O)c3ccc(C)cc3)C(Cl)C2Cl)cc1. The van der Waals surface area contributed by atoms with E-state index in [0.29, 0.717) is 0 Å². The smallest absolute Gasteiger partial charge is 0.199 e. The molecule has 170 valence electrons. The van der Waals surface area contributed by atoms with E-state index in [0.717, 1.165) is 11.1 Å². The third-order valence-corrected chi connectivity index (χ3v) is 9.01. The number of benzene rings is 2. The molecule has 0 fully saturated rings. The van der Waals surface area contributed by atoms with Crippen molar-refractivity contribution in [3.05, 3.63) is 69.7 Å². The lowest BCUT2D eigenvalue weighted by molar-refractivity contribution is 0.596. The van der Waals surface area contributed by atoms with Crippen LogP contribution in [0.2, 0.25) is 0 Å². The number of aryl methyl sites for hydroxylation is 2. The molecule has 1 aliphatic rings. The van der Waals surface area contributed by atoms with Crippen molar-refractivity contribution >= 4 is 77.9 Å². The fourth-order valence-corrected chi connectivity index (χ4v) is 6.20. The third-order valence-electron chi connectivity index (χ3n) is 4.50. The second kappa shape index (κ2) is 9.44. The van der Waals surface area contributed by atoms with Crippen LogP contribution in [0.5, 0.6) is 0 Å². The molecule has 6 nitrogen and oxygen atoms in total. The summed E-state index contributed by atoms with van der Waals surface area (Å²) < 4.78 is 58.2. The minimum absolute atomic E-state index is 0.0763. The highest BCUT2D eigenvalue weighted by molar-refractivity contribution is 7.90. The van der Waals surface area contributed by atoms with E-state index in [1.165, 1.54) is 24.3 Å². The molecular formula is C20H16Cl4N2O4S2. The van der Waals surface area contributed by atoms with Gasteiger partial charge in [0.15, 0.2) is 0 Å². The van der Waals surface area contributed by atoms with Crippen molar-refractivity contribution in [2.75, 3.05) is 0 Å². The first-order valence-electron chi connectivity index (χ1n) is 9.01. The van der Waals surface area contributed by atoms with Gasteiger partial charge in [0.25, 0.3) is 20.0 Å². The van der Waals surface area contributed by atoms with E-state index in [4.69, 9.17) is 46.4 Å². The quantitative estimate of drug-likeness (QED) is 0.487. The maximum Gasteiger partial charge on any atom is 0.282 e. The van der Waals surface area contributed by atoms with E-state index >= 15 is 0 Å². The van der Waals surface area contributed by atoms with Gasteiger partial charge in [-0.25, -0.2) is 0 Å². The van der Waals surface area contributed by atoms with E-state index in [1.54, 1.807) is 38.1 Å². The second-order valence-corrected chi connectivity index (χ2v) is 11.9. The lowest BCUT2D eigenvalue weighted by Gasteiger charge is -2.25. The highest BCUT2D eigenvalue weighted by Gasteiger charge is 2.39. The summed E-state index contributed by atoms with van der Waals surface area (Å²) in [6, 6.07) is 12.0. The monoisotopic (exact) mass is 552 g/mol. The summed E-state index contributed by atoms with van der Waals surface area (Å²) >= 11 is 25.1.